The monoisotopic (exact) mass is 426 g/mol. The number of hydrogen-bond donors (Lipinski definition) is 2. The Labute approximate surface area is 182 Å². The predicted octanol–water partition coefficient (Wildman–Crippen LogP) is 3.34. The number of nitrogens with zero attached hydrogens (tertiary/aromatic N) is 3. The van der Waals surface area contributed by atoms with Gasteiger partial charge < -0.3 is 24.6 Å². The first-order valence-electron chi connectivity index (χ1n) is 10.3. The number of hydrogen-bond acceptors (Lipinski definition) is 5. The second kappa shape index (κ2) is 9.98. The highest BCUT2D eigenvalue weighted by atomic mass is 35.5. The lowest BCUT2D eigenvalue weighted by Gasteiger charge is -2.34. The fourth-order valence-electron chi connectivity index (χ4n) is 3.70. The Morgan fingerprint density at radius 2 is 1.97 bits per heavy atom. The third kappa shape index (κ3) is 5.53. The van der Waals surface area contributed by atoms with Crippen LogP contribution in [0, 0.1) is 0 Å². The highest BCUT2D eigenvalue weighted by Gasteiger charge is 2.20. The second-order valence-corrected chi connectivity index (χ2v) is 7.97. The van der Waals surface area contributed by atoms with Crippen LogP contribution in [0.2, 0.25) is 5.02 Å². The standard InChI is InChI=1S/C23H27ClN4O2/c24-19-4-1-18(2-5-19)3-8-22(16-27-13-11-26-17-27)30-21-9-6-20(7-10-21)28-14-12-25-15-23(28)29/h1-2,4-7,9-11,13,17,22-23,25,29H,3,8,12,14-16H2. The molecule has 1 aromatic heterocycles. The molecule has 3 aromatic rings. The Bertz CT molecular complexity index is 900. The minimum atomic E-state index is -0.501. The summed E-state index contributed by atoms with van der Waals surface area (Å²) in [6.07, 6.45) is 6.83. The first-order chi connectivity index (χ1) is 14.7. The lowest BCUT2D eigenvalue weighted by Crippen LogP contribution is -2.51. The molecule has 6 nitrogen and oxygen atoms in total. The maximum absolute atomic E-state index is 10.2. The maximum Gasteiger partial charge on any atom is 0.139 e. The molecule has 1 aliphatic rings. The molecule has 0 aliphatic carbocycles. The Kier molecular flexibility index (Phi) is 6.89. The summed E-state index contributed by atoms with van der Waals surface area (Å²) >= 11 is 6.00. The molecule has 7 heteroatoms. The molecule has 0 amide bonds. The van der Waals surface area contributed by atoms with Crippen LogP contribution in [0.25, 0.3) is 0 Å². The summed E-state index contributed by atoms with van der Waals surface area (Å²) in [5.74, 6) is 0.824. The van der Waals surface area contributed by atoms with Gasteiger partial charge in [0.25, 0.3) is 0 Å². The van der Waals surface area contributed by atoms with Gasteiger partial charge in [-0.25, -0.2) is 4.98 Å². The van der Waals surface area contributed by atoms with Crippen molar-refractivity contribution < 1.29 is 9.84 Å². The van der Waals surface area contributed by atoms with Crippen molar-refractivity contribution in [3.05, 3.63) is 77.8 Å². The van der Waals surface area contributed by atoms with Crippen LogP contribution in [0.1, 0.15) is 12.0 Å². The molecular formula is C23H27ClN4O2. The van der Waals surface area contributed by atoms with E-state index in [4.69, 9.17) is 16.3 Å². The highest BCUT2D eigenvalue weighted by molar-refractivity contribution is 6.30. The van der Waals surface area contributed by atoms with Crippen LogP contribution in [-0.2, 0) is 13.0 Å². The van der Waals surface area contributed by atoms with Crippen LogP contribution < -0.4 is 15.0 Å². The third-order valence-corrected chi connectivity index (χ3v) is 5.58. The van der Waals surface area contributed by atoms with Gasteiger partial charge in [-0.3, -0.25) is 0 Å². The molecule has 0 bridgehead atoms. The van der Waals surface area contributed by atoms with Crippen molar-refractivity contribution in [2.45, 2.75) is 31.7 Å². The average Bonchev–Trinajstić information content (AvgIpc) is 3.27. The summed E-state index contributed by atoms with van der Waals surface area (Å²) in [6, 6.07) is 15.9. The molecule has 2 aromatic carbocycles. The van der Waals surface area contributed by atoms with Crippen LogP contribution in [0.15, 0.2) is 67.3 Å². The van der Waals surface area contributed by atoms with E-state index in [2.05, 4.69) is 22.4 Å². The molecule has 158 valence electrons. The second-order valence-electron chi connectivity index (χ2n) is 7.54. The number of β-amino-alcohol motifs (C(OH)–C–C–N with tert-alkyl or cyclic N) is 1. The van der Waals surface area contributed by atoms with Gasteiger partial charge in [0.1, 0.15) is 18.1 Å². The van der Waals surface area contributed by atoms with Gasteiger partial charge in [0.05, 0.1) is 12.9 Å². The van der Waals surface area contributed by atoms with Crippen LogP contribution in [-0.4, -0.2) is 46.6 Å². The summed E-state index contributed by atoms with van der Waals surface area (Å²) in [7, 11) is 0. The Morgan fingerprint density at radius 1 is 1.17 bits per heavy atom. The van der Waals surface area contributed by atoms with Crippen molar-refractivity contribution in [3.63, 3.8) is 0 Å². The summed E-state index contributed by atoms with van der Waals surface area (Å²) < 4.78 is 8.37. The van der Waals surface area contributed by atoms with E-state index < -0.39 is 6.23 Å². The van der Waals surface area contributed by atoms with Crippen molar-refractivity contribution in [2.75, 3.05) is 24.5 Å². The SMILES string of the molecule is OC1CNCCN1c1ccc(OC(CCc2ccc(Cl)cc2)Cn2ccnc2)cc1. The third-order valence-electron chi connectivity index (χ3n) is 5.33. The molecular weight excluding hydrogens is 400 g/mol. The quantitative estimate of drug-likeness (QED) is 0.578. The van der Waals surface area contributed by atoms with Crippen molar-refractivity contribution in [1.29, 1.82) is 0 Å². The molecule has 0 saturated carbocycles. The molecule has 1 saturated heterocycles. The molecule has 30 heavy (non-hydrogen) atoms. The normalized spacial score (nSPS) is 17.7. The largest absolute Gasteiger partial charge is 0.489 e. The molecule has 2 unspecified atom stereocenters. The lowest BCUT2D eigenvalue weighted by atomic mass is 10.1. The zero-order chi connectivity index (χ0) is 20.8. The van der Waals surface area contributed by atoms with Gasteiger partial charge in [-0.15, -0.1) is 0 Å². The molecule has 2 N–H and O–H groups in total. The minimum absolute atomic E-state index is 0.00510. The summed E-state index contributed by atoms with van der Waals surface area (Å²) in [5, 5.41) is 14.1. The van der Waals surface area contributed by atoms with E-state index in [9.17, 15) is 5.11 Å². The molecule has 2 heterocycles. The van der Waals surface area contributed by atoms with Crippen LogP contribution >= 0.6 is 11.6 Å². The average molecular weight is 427 g/mol. The number of aromatic nitrogens is 2. The first kappa shape index (κ1) is 20.7. The van der Waals surface area contributed by atoms with E-state index in [0.29, 0.717) is 6.54 Å². The highest BCUT2D eigenvalue weighted by Crippen LogP contribution is 2.23. The van der Waals surface area contributed by atoms with Gasteiger partial charge in [-0.2, -0.15) is 0 Å². The van der Waals surface area contributed by atoms with Crippen molar-refractivity contribution in [1.82, 2.24) is 14.9 Å². The van der Waals surface area contributed by atoms with Gasteiger partial charge >= 0.3 is 0 Å². The van der Waals surface area contributed by atoms with Gasteiger partial charge in [0.15, 0.2) is 0 Å². The number of aryl methyl sites for hydroxylation is 1. The number of ether oxygens (including phenoxy) is 1. The van der Waals surface area contributed by atoms with E-state index in [-0.39, 0.29) is 6.10 Å². The molecule has 2 atom stereocenters. The molecule has 4 rings (SSSR count). The van der Waals surface area contributed by atoms with E-state index in [1.807, 2.05) is 58.4 Å². The number of aliphatic hydroxyl groups excluding tert-OH is 1. The Balaban J connectivity index is 1.41. The Morgan fingerprint density at radius 3 is 2.67 bits per heavy atom. The molecule has 0 spiro atoms. The van der Waals surface area contributed by atoms with Crippen molar-refractivity contribution in [3.8, 4) is 5.75 Å². The summed E-state index contributed by atoms with van der Waals surface area (Å²) in [6.45, 7) is 2.96. The fourth-order valence-corrected chi connectivity index (χ4v) is 3.82. The van der Waals surface area contributed by atoms with Crippen LogP contribution in [0.5, 0.6) is 5.75 Å². The smallest absolute Gasteiger partial charge is 0.139 e. The van der Waals surface area contributed by atoms with Gasteiger partial charge in [-0.05, 0) is 54.8 Å². The number of imidazole rings is 1. The zero-order valence-electron chi connectivity index (χ0n) is 16.8. The fraction of sp³-hybridized carbons (Fsp3) is 0.348. The number of aliphatic hydroxyl groups is 1. The predicted molar refractivity (Wildman–Crippen MR) is 119 cm³/mol. The molecule has 1 fully saturated rings. The van der Waals surface area contributed by atoms with Crippen LogP contribution in [0.3, 0.4) is 0 Å². The van der Waals surface area contributed by atoms with Crippen molar-refractivity contribution in [2.24, 2.45) is 0 Å². The number of piperazine rings is 1. The van der Waals surface area contributed by atoms with E-state index in [1.165, 1.54) is 5.56 Å². The number of halogens is 1. The summed E-state index contributed by atoms with van der Waals surface area (Å²) in [4.78, 5) is 6.14. The molecule has 1 aliphatic heterocycles. The number of nitrogens with one attached hydrogen (secondary N) is 1. The maximum atomic E-state index is 10.2. The topological polar surface area (TPSA) is 62.6 Å². The van der Waals surface area contributed by atoms with Gasteiger partial charge in [0, 0.05) is 42.7 Å². The van der Waals surface area contributed by atoms with Gasteiger partial charge in [-0.1, -0.05) is 23.7 Å². The number of anilines is 1. The molecule has 0 radical (unpaired) electrons. The summed E-state index contributed by atoms with van der Waals surface area (Å²) in [5.41, 5.74) is 2.24. The van der Waals surface area contributed by atoms with E-state index in [1.54, 1.807) is 6.20 Å². The number of rotatable bonds is 8. The number of benzene rings is 2. The Hall–Kier alpha value is -2.54. The zero-order valence-corrected chi connectivity index (χ0v) is 17.6. The van der Waals surface area contributed by atoms with Crippen molar-refractivity contribution >= 4 is 17.3 Å². The van der Waals surface area contributed by atoms with E-state index >= 15 is 0 Å². The van der Waals surface area contributed by atoms with Crippen LogP contribution in [0.4, 0.5) is 5.69 Å². The van der Waals surface area contributed by atoms with Gasteiger partial charge in [0.2, 0.25) is 0 Å². The first-order valence-corrected chi connectivity index (χ1v) is 10.7. The minimum Gasteiger partial charge on any atom is -0.489 e. The van der Waals surface area contributed by atoms with E-state index in [0.717, 1.165) is 48.9 Å². The lowest BCUT2D eigenvalue weighted by molar-refractivity contribution is 0.151.